The number of amides is 1. The van der Waals surface area contributed by atoms with Crippen LogP contribution in [0.15, 0.2) is 53.0 Å². The fraction of sp³-hybridized carbons (Fsp3) is 0.263. The molecule has 1 aliphatic heterocycles. The Kier molecular flexibility index (Phi) is 7.03. The van der Waals surface area contributed by atoms with Gasteiger partial charge < -0.3 is 19.7 Å². The molecule has 3 rings (SSSR count). The van der Waals surface area contributed by atoms with Gasteiger partial charge in [-0.3, -0.25) is 10.1 Å². The molecule has 27 heavy (non-hydrogen) atoms. The van der Waals surface area contributed by atoms with Crippen LogP contribution in [0, 0.1) is 0 Å². The van der Waals surface area contributed by atoms with Crippen LogP contribution in [0.25, 0.3) is 0 Å². The number of rotatable bonds is 5. The Morgan fingerprint density at radius 2 is 1.85 bits per heavy atom. The molecule has 1 heterocycles. The molecule has 2 N–H and O–H groups in total. The summed E-state index contributed by atoms with van der Waals surface area (Å²) in [5.41, 5.74) is 1.88. The van der Waals surface area contributed by atoms with E-state index in [2.05, 4.69) is 31.5 Å². The summed E-state index contributed by atoms with van der Waals surface area (Å²) in [7, 11) is 0. The van der Waals surface area contributed by atoms with Crippen LogP contribution in [-0.4, -0.2) is 43.9 Å². The second kappa shape index (κ2) is 9.68. The van der Waals surface area contributed by atoms with Gasteiger partial charge in [-0.2, -0.15) is 0 Å². The lowest BCUT2D eigenvalue weighted by Crippen LogP contribution is -2.39. The van der Waals surface area contributed by atoms with E-state index < -0.39 is 0 Å². The SMILES string of the molecule is O=C(COc1ccc(Br)cc1)NC(=S)Nc1ccccc1N1CCOCC1. The first-order chi connectivity index (χ1) is 13.1. The lowest BCUT2D eigenvalue weighted by atomic mass is 10.2. The monoisotopic (exact) mass is 449 g/mol. The minimum atomic E-state index is -0.320. The van der Waals surface area contributed by atoms with Gasteiger partial charge in [-0.15, -0.1) is 0 Å². The number of hydrogen-bond acceptors (Lipinski definition) is 5. The van der Waals surface area contributed by atoms with Gasteiger partial charge in [0, 0.05) is 17.6 Å². The van der Waals surface area contributed by atoms with Crippen molar-refractivity contribution in [1.82, 2.24) is 5.32 Å². The number of nitrogens with one attached hydrogen (secondary N) is 2. The van der Waals surface area contributed by atoms with Crippen LogP contribution in [-0.2, 0) is 9.53 Å². The number of benzene rings is 2. The van der Waals surface area contributed by atoms with E-state index in [1.807, 2.05) is 36.4 Å². The Hall–Kier alpha value is -2.16. The Balaban J connectivity index is 1.53. The Labute approximate surface area is 172 Å². The molecule has 2 aromatic rings. The first-order valence-electron chi connectivity index (χ1n) is 8.53. The van der Waals surface area contributed by atoms with Crippen molar-refractivity contribution in [3.05, 3.63) is 53.0 Å². The molecule has 142 valence electrons. The molecule has 2 aromatic carbocycles. The van der Waals surface area contributed by atoms with Crippen LogP contribution < -0.4 is 20.3 Å². The maximum atomic E-state index is 12.1. The van der Waals surface area contributed by atoms with Crippen LogP contribution in [0.4, 0.5) is 11.4 Å². The maximum absolute atomic E-state index is 12.1. The van der Waals surface area contributed by atoms with Crippen molar-refractivity contribution in [2.75, 3.05) is 43.1 Å². The summed E-state index contributed by atoms with van der Waals surface area (Å²) >= 11 is 8.63. The summed E-state index contributed by atoms with van der Waals surface area (Å²) in [5, 5.41) is 5.98. The minimum absolute atomic E-state index is 0.117. The zero-order valence-electron chi connectivity index (χ0n) is 14.6. The summed E-state index contributed by atoms with van der Waals surface area (Å²) in [4.78, 5) is 14.3. The molecule has 1 saturated heterocycles. The van der Waals surface area contributed by atoms with E-state index in [0.29, 0.717) is 19.0 Å². The van der Waals surface area contributed by atoms with Crippen molar-refractivity contribution >= 4 is 50.5 Å². The van der Waals surface area contributed by atoms with Gasteiger partial charge in [-0.05, 0) is 48.6 Å². The van der Waals surface area contributed by atoms with Gasteiger partial charge in [0.2, 0.25) is 0 Å². The van der Waals surface area contributed by atoms with Crippen LogP contribution in [0.3, 0.4) is 0 Å². The predicted octanol–water partition coefficient (Wildman–Crippen LogP) is 3.18. The average Bonchev–Trinajstić information content (AvgIpc) is 2.68. The predicted molar refractivity (Wildman–Crippen MR) is 113 cm³/mol. The number of carbonyl (C=O) groups excluding carboxylic acids is 1. The highest BCUT2D eigenvalue weighted by atomic mass is 79.9. The zero-order valence-corrected chi connectivity index (χ0v) is 17.0. The maximum Gasteiger partial charge on any atom is 0.264 e. The van der Waals surface area contributed by atoms with Gasteiger partial charge in [0.05, 0.1) is 24.6 Å². The lowest BCUT2D eigenvalue weighted by molar-refractivity contribution is -0.121. The topological polar surface area (TPSA) is 62.8 Å². The van der Waals surface area contributed by atoms with Crippen LogP contribution >= 0.6 is 28.1 Å². The summed E-state index contributed by atoms with van der Waals surface area (Å²) in [5.74, 6) is 0.296. The third-order valence-electron chi connectivity index (χ3n) is 3.94. The first kappa shape index (κ1) is 19.6. The number of anilines is 2. The van der Waals surface area contributed by atoms with Crippen LogP contribution in [0.2, 0.25) is 0 Å². The Morgan fingerprint density at radius 1 is 1.15 bits per heavy atom. The van der Waals surface area contributed by atoms with Gasteiger partial charge in [0.1, 0.15) is 5.75 Å². The highest BCUT2D eigenvalue weighted by Crippen LogP contribution is 2.26. The van der Waals surface area contributed by atoms with Crippen molar-refractivity contribution < 1.29 is 14.3 Å². The Morgan fingerprint density at radius 3 is 2.59 bits per heavy atom. The third kappa shape index (κ3) is 5.92. The number of hydrogen-bond donors (Lipinski definition) is 2. The Bertz CT molecular complexity index is 795. The van der Waals surface area contributed by atoms with E-state index >= 15 is 0 Å². The van der Waals surface area contributed by atoms with Gasteiger partial charge >= 0.3 is 0 Å². The molecule has 0 atom stereocenters. The molecular formula is C19H20BrN3O3S. The number of halogens is 1. The number of ether oxygens (including phenoxy) is 2. The van der Waals surface area contributed by atoms with E-state index in [-0.39, 0.29) is 17.6 Å². The summed E-state index contributed by atoms with van der Waals surface area (Å²) in [6.07, 6.45) is 0. The van der Waals surface area contributed by atoms with E-state index in [1.165, 1.54) is 0 Å². The first-order valence-corrected chi connectivity index (χ1v) is 9.73. The van der Waals surface area contributed by atoms with E-state index in [9.17, 15) is 4.79 Å². The number of thiocarbonyl (C=S) groups is 1. The normalized spacial score (nSPS) is 13.7. The third-order valence-corrected chi connectivity index (χ3v) is 4.67. The van der Waals surface area contributed by atoms with Crippen molar-refractivity contribution in [3.8, 4) is 5.75 Å². The second-order valence-corrected chi connectivity index (χ2v) is 7.19. The highest BCUT2D eigenvalue weighted by Gasteiger charge is 2.15. The van der Waals surface area contributed by atoms with Crippen LogP contribution in [0.1, 0.15) is 0 Å². The van der Waals surface area contributed by atoms with Crippen molar-refractivity contribution in [3.63, 3.8) is 0 Å². The molecular weight excluding hydrogens is 430 g/mol. The van der Waals surface area contributed by atoms with Gasteiger partial charge in [0.25, 0.3) is 5.91 Å². The van der Waals surface area contributed by atoms with Gasteiger partial charge in [-0.1, -0.05) is 28.1 Å². The molecule has 8 heteroatoms. The minimum Gasteiger partial charge on any atom is -0.484 e. The fourth-order valence-corrected chi connectivity index (χ4v) is 3.14. The molecule has 1 aliphatic rings. The summed E-state index contributed by atoms with van der Waals surface area (Å²) < 4.78 is 11.8. The molecule has 0 unspecified atom stereocenters. The van der Waals surface area contributed by atoms with Crippen molar-refractivity contribution in [1.29, 1.82) is 0 Å². The number of morpholine rings is 1. The largest absolute Gasteiger partial charge is 0.484 e. The van der Waals surface area contributed by atoms with Crippen molar-refractivity contribution in [2.24, 2.45) is 0 Å². The molecule has 1 amide bonds. The number of para-hydroxylation sites is 2. The lowest BCUT2D eigenvalue weighted by Gasteiger charge is -2.30. The molecule has 0 aromatic heterocycles. The molecule has 1 fully saturated rings. The number of nitrogens with zero attached hydrogens (tertiary/aromatic N) is 1. The van der Waals surface area contributed by atoms with Crippen molar-refractivity contribution in [2.45, 2.75) is 0 Å². The van der Waals surface area contributed by atoms with E-state index in [0.717, 1.165) is 28.9 Å². The van der Waals surface area contributed by atoms with E-state index in [1.54, 1.807) is 12.1 Å². The highest BCUT2D eigenvalue weighted by molar-refractivity contribution is 9.10. The molecule has 0 spiro atoms. The second-order valence-electron chi connectivity index (χ2n) is 5.86. The fourth-order valence-electron chi connectivity index (χ4n) is 2.66. The molecule has 0 aliphatic carbocycles. The van der Waals surface area contributed by atoms with E-state index in [4.69, 9.17) is 21.7 Å². The standard InChI is InChI=1S/C19H20BrN3O3S/c20-14-5-7-15(8-6-14)26-13-18(24)22-19(27)21-16-3-1-2-4-17(16)23-9-11-25-12-10-23/h1-8H,9-13H2,(H2,21,22,24,27). The molecule has 0 saturated carbocycles. The molecule has 6 nitrogen and oxygen atoms in total. The summed E-state index contributed by atoms with van der Waals surface area (Å²) in [6.45, 7) is 2.91. The average molecular weight is 450 g/mol. The quantitative estimate of drug-likeness (QED) is 0.683. The smallest absolute Gasteiger partial charge is 0.264 e. The molecule has 0 radical (unpaired) electrons. The summed E-state index contributed by atoms with van der Waals surface area (Å²) in [6, 6.07) is 15.1. The zero-order chi connectivity index (χ0) is 19.1. The van der Waals surface area contributed by atoms with Crippen LogP contribution in [0.5, 0.6) is 5.75 Å². The van der Waals surface area contributed by atoms with Gasteiger partial charge in [0.15, 0.2) is 11.7 Å². The molecule has 0 bridgehead atoms. The van der Waals surface area contributed by atoms with Gasteiger partial charge in [-0.25, -0.2) is 0 Å². The number of carbonyl (C=O) groups is 1.